The Morgan fingerprint density at radius 2 is 1.82 bits per heavy atom. The Balaban J connectivity index is 1.34. The first kappa shape index (κ1) is 17.2. The molecule has 28 heavy (non-hydrogen) atoms. The zero-order valence-electron chi connectivity index (χ0n) is 16.1. The van der Waals surface area contributed by atoms with E-state index in [1.807, 2.05) is 24.3 Å². The number of pyridine rings is 1. The van der Waals surface area contributed by atoms with Crippen LogP contribution in [0.25, 0.3) is 10.8 Å². The first-order valence-electron chi connectivity index (χ1n) is 9.84. The van der Waals surface area contributed by atoms with E-state index in [2.05, 4.69) is 46.9 Å². The quantitative estimate of drug-likeness (QED) is 0.637. The van der Waals surface area contributed by atoms with E-state index in [9.17, 15) is 4.79 Å². The van der Waals surface area contributed by atoms with Gasteiger partial charge in [0.05, 0.1) is 5.69 Å². The number of aryl methyl sites for hydroxylation is 2. The number of aromatic nitrogens is 1. The van der Waals surface area contributed by atoms with Gasteiger partial charge in [-0.1, -0.05) is 12.1 Å². The van der Waals surface area contributed by atoms with Crippen LogP contribution < -0.4 is 16.0 Å². The number of piperidine rings is 1. The number of benzene rings is 2. The Hall–Kier alpha value is -2.92. The molecule has 1 saturated carbocycles. The number of fused-ring (bicyclic) bond motifs is 2. The van der Waals surface area contributed by atoms with Gasteiger partial charge in [0.15, 0.2) is 0 Å². The fourth-order valence-corrected chi connectivity index (χ4v) is 4.94. The van der Waals surface area contributed by atoms with Crippen molar-refractivity contribution < 1.29 is 4.79 Å². The summed E-state index contributed by atoms with van der Waals surface area (Å²) >= 11 is 0. The van der Waals surface area contributed by atoms with E-state index in [1.54, 1.807) is 12.4 Å². The van der Waals surface area contributed by atoms with Crippen LogP contribution >= 0.6 is 0 Å². The van der Waals surface area contributed by atoms with Crippen molar-refractivity contribution in [2.24, 2.45) is 11.8 Å². The van der Waals surface area contributed by atoms with E-state index in [-0.39, 0.29) is 6.03 Å². The maximum absolute atomic E-state index is 12.6. The smallest absolute Gasteiger partial charge is 0.316 e. The third-order valence-electron chi connectivity index (χ3n) is 6.21. The summed E-state index contributed by atoms with van der Waals surface area (Å²) in [5.41, 5.74) is 5.63. The van der Waals surface area contributed by atoms with E-state index in [0.717, 1.165) is 47.1 Å². The topological polar surface area (TPSA) is 66.0 Å². The van der Waals surface area contributed by atoms with Crippen molar-refractivity contribution in [1.29, 1.82) is 0 Å². The van der Waals surface area contributed by atoms with Crippen LogP contribution in [0.4, 0.5) is 16.2 Å². The largest absolute Gasteiger partial charge is 0.323 e. The molecule has 5 nitrogen and oxygen atoms in total. The number of urea groups is 1. The molecule has 1 saturated heterocycles. The summed E-state index contributed by atoms with van der Waals surface area (Å²) in [6, 6.07) is 11.7. The number of hydrogen-bond acceptors (Lipinski definition) is 3. The lowest BCUT2D eigenvalue weighted by molar-refractivity contribution is 0.262. The molecule has 1 aromatic heterocycles. The molecule has 2 atom stereocenters. The second-order valence-corrected chi connectivity index (χ2v) is 8.02. The summed E-state index contributed by atoms with van der Waals surface area (Å²) in [7, 11) is 0. The van der Waals surface area contributed by atoms with Crippen molar-refractivity contribution in [3.05, 3.63) is 65.5 Å². The zero-order valence-corrected chi connectivity index (χ0v) is 16.1. The Labute approximate surface area is 164 Å². The summed E-state index contributed by atoms with van der Waals surface area (Å²) in [5, 5.41) is 11.4. The van der Waals surface area contributed by atoms with Gasteiger partial charge in [-0.05, 0) is 85.6 Å². The van der Waals surface area contributed by atoms with E-state index in [0.29, 0.717) is 5.92 Å². The highest BCUT2D eigenvalue weighted by atomic mass is 16.2. The van der Waals surface area contributed by atoms with E-state index >= 15 is 0 Å². The van der Waals surface area contributed by atoms with Crippen LogP contribution in [0.1, 0.15) is 22.6 Å². The van der Waals surface area contributed by atoms with Gasteiger partial charge in [-0.2, -0.15) is 0 Å². The molecular formula is C23H24N4O. The number of amides is 2. The molecule has 2 aromatic carbocycles. The van der Waals surface area contributed by atoms with Crippen LogP contribution in [-0.2, 0) is 0 Å². The van der Waals surface area contributed by atoms with Crippen LogP contribution in [0.2, 0.25) is 0 Å². The SMILES string of the molecule is Cc1cc(NC(=O)Nc2cccc3cnccc23)cc(C)c1C1C2CNCC21. The van der Waals surface area contributed by atoms with Crippen LogP contribution in [0, 0.1) is 25.7 Å². The van der Waals surface area contributed by atoms with Crippen molar-refractivity contribution in [2.45, 2.75) is 19.8 Å². The van der Waals surface area contributed by atoms with Crippen LogP contribution in [-0.4, -0.2) is 24.1 Å². The van der Waals surface area contributed by atoms with Gasteiger partial charge in [-0.15, -0.1) is 0 Å². The number of carbonyl (C=O) groups is 1. The fourth-order valence-electron chi connectivity index (χ4n) is 4.94. The predicted molar refractivity (Wildman–Crippen MR) is 113 cm³/mol. The standard InChI is InChI=1S/C23H24N4O/c1-13-8-16(9-14(2)21(13)22-18-11-25-12-19(18)22)26-23(28)27-20-5-3-4-15-10-24-7-6-17(15)20/h3-10,18-19,22,25H,11-12H2,1-2H3,(H2,26,27,28). The van der Waals surface area contributed by atoms with Gasteiger partial charge in [0, 0.05) is 28.9 Å². The average molecular weight is 372 g/mol. The van der Waals surface area contributed by atoms with Crippen molar-refractivity contribution in [3.63, 3.8) is 0 Å². The maximum atomic E-state index is 12.6. The molecule has 0 spiro atoms. The molecule has 1 aliphatic heterocycles. The molecule has 5 heteroatoms. The Kier molecular flexibility index (Phi) is 4.05. The Morgan fingerprint density at radius 3 is 2.57 bits per heavy atom. The lowest BCUT2D eigenvalue weighted by atomic mass is 9.95. The Morgan fingerprint density at radius 1 is 1.07 bits per heavy atom. The molecule has 0 radical (unpaired) electrons. The zero-order chi connectivity index (χ0) is 19.3. The Bertz CT molecular complexity index is 1040. The summed E-state index contributed by atoms with van der Waals surface area (Å²) in [4.78, 5) is 16.7. The molecule has 2 heterocycles. The lowest BCUT2D eigenvalue weighted by Crippen LogP contribution is -2.20. The van der Waals surface area contributed by atoms with E-state index in [4.69, 9.17) is 0 Å². The monoisotopic (exact) mass is 372 g/mol. The van der Waals surface area contributed by atoms with Gasteiger partial charge < -0.3 is 16.0 Å². The first-order valence-corrected chi connectivity index (χ1v) is 9.84. The lowest BCUT2D eigenvalue weighted by Gasteiger charge is -2.16. The van der Waals surface area contributed by atoms with Crippen molar-refractivity contribution in [1.82, 2.24) is 10.3 Å². The van der Waals surface area contributed by atoms with Gasteiger partial charge in [0.2, 0.25) is 0 Å². The van der Waals surface area contributed by atoms with Gasteiger partial charge >= 0.3 is 6.03 Å². The van der Waals surface area contributed by atoms with Gasteiger partial charge in [-0.25, -0.2) is 4.79 Å². The molecule has 1 aliphatic carbocycles. The van der Waals surface area contributed by atoms with Crippen molar-refractivity contribution in [3.8, 4) is 0 Å². The molecule has 0 bridgehead atoms. The summed E-state index contributed by atoms with van der Waals surface area (Å²) in [5.74, 6) is 2.27. The van der Waals surface area contributed by atoms with Crippen molar-refractivity contribution in [2.75, 3.05) is 23.7 Å². The minimum atomic E-state index is -0.233. The molecule has 142 valence electrons. The minimum Gasteiger partial charge on any atom is -0.316 e. The number of rotatable bonds is 3. The summed E-state index contributed by atoms with van der Waals surface area (Å²) in [6.07, 6.45) is 3.53. The van der Waals surface area contributed by atoms with Crippen LogP contribution in [0.15, 0.2) is 48.8 Å². The minimum absolute atomic E-state index is 0.233. The highest BCUT2D eigenvalue weighted by Gasteiger charge is 2.54. The molecule has 2 aliphatic rings. The number of carbonyl (C=O) groups excluding carboxylic acids is 1. The van der Waals surface area contributed by atoms with Gasteiger partial charge in [0.25, 0.3) is 0 Å². The number of nitrogens with zero attached hydrogens (tertiary/aromatic N) is 1. The number of hydrogen-bond donors (Lipinski definition) is 3. The fraction of sp³-hybridized carbons (Fsp3) is 0.304. The molecular weight excluding hydrogens is 348 g/mol. The molecule has 3 N–H and O–H groups in total. The molecule has 2 unspecified atom stereocenters. The molecule has 5 rings (SSSR count). The van der Waals surface area contributed by atoms with E-state index < -0.39 is 0 Å². The maximum Gasteiger partial charge on any atom is 0.323 e. The average Bonchev–Trinajstić information content (AvgIpc) is 3.10. The second-order valence-electron chi connectivity index (χ2n) is 8.02. The number of nitrogens with one attached hydrogen (secondary N) is 3. The molecule has 2 amide bonds. The summed E-state index contributed by atoms with van der Waals surface area (Å²) in [6.45, 7) is 6.59. The normalized spacial score (nSPS) is 22.7. The highest BCUT2D eigenvalue weighted by molar-refractivity contribution is 6.06. The van der Waals surface area contributed by atoms with Gasteiger partial charge in [-0.3, -0.25) is 4.98 Å². The van der Waals surface area contributed by atoms with Crippen molar-refractivity contribution >= 4 is 28.2 Å². The highest BCUT2D eigenvalue weighted by Crippen LogP contribution is 2.57. The molecule has 3 aromatic rings. The number of anilines is 2. The third-order valence-corrected chi connectivity index (χ3v) is 6.21. The second kappa shape index (κ2) is 6.60. The molecule has 2 fully saturated rings. The third kappa shape index (κ3) is 2.92. The predicted octanol–water partition coefficient (Wildman–Crippen LogP) is 4.43. The van der Waals surface area contributed by atoms with Crippen LogP contribution in [0.3, 0.4) is 0 Å². The van der Waals surface area contributed by atoms with Crippen LogP contribution in [0.5, 0.6) is 0 Å². The van der Waals surface area contributed by atoms with Gasteiger partial charge in [0.1, 0.15) is 0 Å². The first-order chi connectivity index (χ1) is 13.6. The van der Waals surface area contributed by atoms with E-state index in [1.165, 1.54) is 16.7 Å². The summed E-state index contributed by atoms with van der Waals surface area (Å²) < 4.78 is 0.